The van der Waals surface area contributed by atoms with E-state index in [1.807, 2.05) is 0 Å². The van der Waals surface area contributed by atoms with Crippen molar-refractivity contribution in [1.29, 1.82) is 0 Å². The molecule has 7 heteroatoms. The highest BCUT2D eigenvalue weighted by atomic mass is 19.1. The van der Waals surface area contributed by atoms with E-state index in [4.69, 9.17) is 11.7 Å². The smallest absolute Gasteiger partial charge is 0.352 e. The van der Waals surface area contributed by atoms with Gasteiger partial charge in [0.15, 0.2) is 0 Å². The second kappa shape index (κ2) is 4.11. The van der Waals surface area contributed by atoms with Crippen LogP contribution in [0.2, 0.25) is 0 Å². The standard InChI is InChI=1S/C8H11FN4O2/c1-12(10)8(15)13(11)6-3-2-5(9)4-7(6)14/h2-4,14H,10-11H2,1H3. The van der Waals surface area contributed by atoms with Gasteiger partial charge in [-0.15, -0.1) is 0 Å². The molecule has 82 valence electrons. The molecule has 1 rings (SSSR count). The van der Waals surface area contributed by atoms with Crippen molar-refractivity contribution in [2.75, 3.05) is 12.1 Å². The quantitative estimate of drug-likeness (QED) is 0.352. The van der Waals surface area contributed by atoms with Crippen LogP contribution in [-0.2, 0) is 0 Å². The number of nitrogens with zero attached hydrogens (tertiary/aromatic N) is 2. The molecule has 1 aromatic rings. The largest absolute Gasteiger partial charge is 0.506 e. The molecule has 0 atom stereocenters. The molecular weight excluding hydrogens is 203 g/mol. The van der Waals surface area contributed by atoms with Crippen molar-refractivity contribution < 1.29 is 14.3 Å². The van der Waals surface area contributed by atoms with Gasteiger partial charge in [-0.05, 0) is 12.1 Å². The molecule has 0 fully saturated rings. The van der Waals surface area contributed by atoms with Gasteiger partial charge in [-0.25, -0.2) is 25.9 Å². The fourth-order valence-electron chi connectivity index (χ4n) is 0.973. The van der Waals surface area contributed by atoms with Crippen molar-refractivity contribution in [3.63, 3.8) is 0 Å². The maximum Gasteiger partial charge on any atom is 0.352 e. The van der Waals surface area contributed by atoms with Crippen molar-refractivity contribution in [3.05, 3.63) is 24.0 Å². The Hall–Kier alpha value is -1.86. The third kappa shape index (κ3) is 2.33. The number of nitrogens with two attached hydrogens (primary N) is 2. The SMILES string of the molecule is CN(N)C(=O)N(N)c1ccc(F)cc1O. The van der Waals surface area contributed by atoms with Crippen LogP contribution in [0.3, 0.4) is 0 Å². The van der Waals surface area contributed by atoms with E-state index in [2.05, 4.69) is 0 Å². The number of urea groups is 1. The van der Waals surface area contributed by atoms with E-state index in [-0.39, 0.29) is 5.69 Å². The molecule has 0 bridgehead atoms. The minimum Gasteiger partial charge on any atom is -0.506 e. The first kappa shape index (κ1) is 11.2. The maximum atomic E-state index is 12.6. The molecule has 0 radical (unpaired) electrons. The van der Waals surface area contributed by atoms with Gasteiger partial charge in [0.2, 0.25) is 0 Å². The summed E-state index contributed by atoms with van der Waals surface area (Å²) < 4.78 is 12.6. The molecule has 0 aliphatic heterocycles. The number of hydrogen-bond acceptors (Lipinski definition) is 4. The van der Waals surface area contributed by atoms with Crippen molar-refractivity contribution in [3.8, 4) is 5.75 Å². The van der Waals surface area contributed by atoms with Crippen LogP contribution in [-0.4, -0.2) is 23.2 Å². The molecule has 0 aliphatic carbocycles. The number of carbonyl (C=O) groups excluding carboxylic acids is 1. The van der Waals surface area contributed by atoms with Gasteiger partial charge in [0.25, 0.3) is 0 Å². The molecule has 2 amide bonds. The molecule has 0 aliphatic rings. The Morgan fingerprint density at radius 2 is 2.07 bits per heavy atom. The number of anilines is 1. The Kier molecular flexibility index (Phi) is 3.08. The molecule has 0 saturated heterocycles. The lowest BCUT2D eigenvalue weighted by Crippen LogP contribution is -2.48. The highest BCUT2D eigenvalue weighted by Gasteiger charge is 2.17. The van der Waals surface area contributed by atoms with Crippen LogP contribution in [0.15, 0.2) is 18.2 Å². The lowest BCUT2D eigenvalue weighted by Gasteiger charge is -2.21. The first-order valence-corrected chi connectivity index (χ1v) is 3.99. The van der Waals surface area contributed by atoms with Gasteiger partial charge in [0.1, 0.15) is 17.3 Å². The van der Waals surface area contributed by atoms with Gasteiger partial charge in [-0.3, -0.25) is 5.01 Å². The summed E-state index contributed by atoms with van der Waals surface area (Å²) in [6, 6.07) is 2.35. The van der Waals surface area contributed by atoms with E-state index in [0.717, 1.165) is 17.1 Å². The zero-order valence-electron chi connectivity index (χ0n) is 8.01. The Labute approximate surface area is 85.4 Å². The fourth-order valence-corrected chi connectivity index (χ4v) is 0.973. The third-order valence-corrected chi connectivity index (χ3v) is 1.70. The summed E-state index contributed by atoms with van der Waals surface area (Å²) >= 11 is 0. The summed E-state index contributed by atoms with van der Waals surface area (Å²) in [7, 11) is 1.29. The second-order valence-electron chi connectivity index (χ2n) is 2.90. The molecule has 0 aromatic heterocycles. The van der Waals surface area contributed by atoms with E-state index in [9.17, 15) is 14.3 Å². The van der Waals surface area contributed by atoms with Gasteiger partial charge in [0.05, 0.1) is 0 Å². The second-order valence-corrected chi connectivity index (χ2v) is 2.90. The number of halogens is 1. The summed E-state index contributed by atoms with van der Waals surface area (Å²) in [5.41, 5.74) is -0.0290. The van der Waals surface area contributed by atoms with Crippen LogP contribution in [0.25, 0.3) is 0 Å². The van der Waals surface area contributed by atoms with Crippen LogP contribution in [0.5, 0.6) is 5.75 Å². The number of carbonyl (C=O) groups is 1. The predicted molar refractivity (Wildman–Crippen MR) is 52.1 cm³/mol. The van der Waals surface area contributed by atoms with Gasteiger partial charge >= 0.3 is 6.03 Å². The van der Waals surface area contributed by atoms with Crippen LogP contribution in [0, 0.1) is 5.82 Å². The third-order valence-electron chi connectivity index (χ3n) is 1.70. The molecule has 0 saturated carbocycles. The number of hydrogen-bond donors (Lipinski definition) is 3. The van der Waals surface area contributed by atoms with Crippen molar-refractivity contribution in [2.24, 2.45) is 11.7 Å². The van der Waals surface area contributed by atoms with E-state index >= 15 is 0 Å². The number of amides is 2. The summed E-state index contributed by atoms with van der Waals surface area (Å²) in [5.74, 6) is 9.47. The summed E-state index contributed by atoms with van der Waals surface area (Å²) in [6.07, 6.45) is 0. The fraction of sp³-hybridized carbons (Fsp3) is 0.125. The van der Waals surface area contributed by atoms with Gasteiger partial charge in [0, 0.05) is 13.1 Å². The van der Waals surface area contributed by atoms with Crippen molar-refractivity contribution >= 4 is 11.7 Å². The lowest BCUT2D eigenvalue weighted by molar-refractivity contribution is 0.216. The monoisotopic (exact) mass is 214 g/mol. The first-order valence-electron chi connectivity index (χ1n) is 3.99. The first-order chi connectivity index (χ1) is 6.93. The van der Waals surface area contributed by atoms with Gasteiger partial charge in [-0.1, -0.05) is 0 Å². The number of phenolic OH excluding ortho intramolecular Hbond substituents is 1. The number of phenols is 1. The molecule has 0 spiro atoms. The normalized spacial score (nSPS) is 9.87. The lowest BCUT2D eigenvalue weighted by atomic mass is 10.3. The van der Waals surface area contributed by atoms with Crippen LogP contribution in [0.4, 0.5) is 14.9 Å². The van der Waals surface area contributed by atoms with Crippen LogP contribution < -0.4 is 16.7 Å². The number of benzene rings is 1. The van der Waals surface area contributed by atoms with Crippen LogP contribution in [0.1, 0.15) is 0 Å². The minimum atomic E-state index is -0.739. The molecule has 1 aromatic carbocycles. The molecule has 5 N–H and O–H groups in total. The average molecular weight is 214 g/mol. The summed E-state index contributed by atoms with van der Waals surface area (Å²) in [5, 5.41) is 10.7. The molecule has 6 nitrogen and oxygen atoms in total. The Bertz CT molecular complexity index is 383. The predicted octanol–water partition coefficient (Wildman–Crippen LogP) is 0.137. The number of hydrazine groups is 2. The molecule has 0 heterocycles. The van der Waals surface area contributed by atoms with Crippen molar-refractivity contribution in [1.82, 2.24) is 5.01 Å². The zero-order valence-corrected chi connectivity index (χ0v) is 8.01. The van der Waals surface area contributed by atoms with E-state index < -0.39 is 17.6 Å². The minimum absolute atomic E-state index is 0.0290. The number of aromatic hydroxyl groups is 1. The van der Waals surface area contributed by atoms with Crippen molar-refractivity contribution in [2.45, 2.75) is 0 Å². The van der Waals surface area contributed by atoms with E-state index in [0.29, 0.717) is 5.01 Å². The summed E-state index contributed by atoms with van der Waals surface area (Å²) in [4.78, 5) is 11.3. The molecule has 0 unspecified atom stereocenters. The Balaban J connectivity index is 3.01. The molecular formula is C8H11FN4O2. The van der Waals surface area contributed by atoms with Gasteiger partial charge in [-0.2, -0.15) is 0 Å². The number of rotatable bonds is 1. The Morgan fingerprint density at radius 3 is 2.53 bits per heavy atom. The highest BCUT2D eigenvalue weighted by Crippen LogP contribution is 2.26. The zero-order chi connectivity index (χ0) is 11.6. The van der Waals surface area contributed by atoms with Gasteiger partial charge < -0.3 is 5.11 Å². The van der Waals surface area contributed by atoms with E-state index in [1.54, 1.807) is 0 Å². The molecule has 15 heavy (non-hydrogen) atoms. The highest BCUT2D eigenvalue weighted by molar-refractivity contribution is 5.91. The van der Waals surface area contributed by atoms with E-state index in [1.165, 1.54) is 13.1 Å². The summed E-state index contributed by atoms with van der Waals surface area (Å²) in [6.45, 7) is 0. The Morgan fingerprint density at radius 1 is 1.47 bits per heavy atom. The topological polar surface area (TPSA) is 95.8 Å². The maximum absolute atomic E-state index is 12.6. The average Bonchev–Trinajstić information content (AvgIpc) is 2.15. The van der Waals surface area contributed by atoms with Crippen LogP contribution >= 0.6 is 0 Å².